The van der Waals surface area contributed by atoms with Crippen molar-refractivity contribution in [3.05, 3.63) is 0 Å². The van der Waals surface area contributed by atoms with E-state index in [0.717, 1.165) is 17.8 Å². The van der Waals surface area contributed by atoms with Gasteiger partial charge in [0.2, 0.25) is 0 Å². The van der Waals surface area contributed by atoms with Crippen molar-refractivity contribution in [3.63, 3.8) is 0 Å². The first-order chi connectivity index (χ1) is 10.6. The lowest BCUT2D eigenvalue weighted by Gasteiger charge is -2.38. The fourth-order valence-electron chi connectivity index (χ4n) is 5.18. The summed E-state index contributed by atoms with van der Waals surface area (Å²) in [6.45, 7) is 5.12. The molecule has 0 nitrogen and oxygen atoms in total. The first-order valence-electron chi connectivity index (χ1n) is 10.6. The Kier molecular flexibility index (Phi) is 7.85. The van der Waals surface area contributed by atoms with E-state index >= 15 is 0 Å². The Labute approximate surface area is 141 Å². The van der Waals surface area contributed by atoms with Crippen LogP contribution in [-0.2, 0) is 0 Å². The summed E-state index contributed by atoms with van der Waals surface area (Å²) in [7, 11) is 2.62. The van der Waals surface area contributed by atoms with Gasteiger partial charge in [0.1, 0.15) is 7.85 Å². The van der Waals surface area contributed by atoms with E-state index in [2.05, 4.69) is 21.7 Å². The van der Waals surface area contributed by atoms with Crippen LogP contribution >= 0.6 is 0 Å². The third-order valence-corrected chi connectivity index (χ3v) is 7.45. The van der Waals surface area contributed by atoms with E-state index in [-0.39, 0.29) is 0 Å². The van der Waals surface area contributed by atoms with Crippen LogP contribution in [0.2, 0.25) is 5.31 Å². The smallest absolute Gasteiger partial charge is 0.0627 e. The Bertz CT molecular complexity index is 282. The second-order valence-electron chi connectivity index (χ2n) is 9.13. The number of hydrogen-bond donors (Lipinski definition) is 0. The van der Waals surface area contributed by atoms with Crippen molar-refractivity contribution in [3.8, 4) is 0 Å². The Morgan fingerprint density at radius 3 is 1.82 bits per heavy atom. The lowest BCUT2D eigenvalue weighted by Crippen LogP contribution is -2.24. The van der Waals surface area contributed by atoms with Gasteiger partial charge in [-0.1, -0.05) is 115 Å². The van der Waals surface area contributed by atoms with Crippen molar-refractivity contribution < 1.29 is 0 Å². The third-order valence-electron chi connectivity index (χ3n) is 7.45. The van der Waals surface area contributed by atoms with Gasteiger partial charge in [-0.15, -0.1) is 0 Å². The maximum Gasteiger partial charge on any atom is 0.109 e. The van der Waals surface area contributed by atoms with E-state index in [4.69, 9.17) is 0 Å². The molecular weight excluding hydrogens is 263 g/mol. The summed E-state index contributed by atoms with van der Waals surface area (Å²) in [6.07, 6.45) is 22.4. The standard InChI is InChI=1S/C21H41B/c1-18(20-12-8-9-13-20)14-15-19(2)21(22)16-10-6-4-3-5-7-11-17-21/h18-20H,3-17,22H2,1-2H3. The molecule has 0 spiro atoms. The zero-order chi connectivity index (χ0) is 15.8. The van der Waals surface area contributed by atoms with Gasteiger partial charge in [-0.25, -0.2) is 0 Å². The van der Waals surface area contributed by atoms with Crippen LogP contribution < -0.4 is 0 Å². The van der Waals surface area contributed by atoms with Gasteiger partial charge in [-0.05, 0) is 17.8 Å². The molecule has 0 aromatic rings. The van der Waals surface area contributed by atoms with E-state index in [9.17, 15) is 0 Å². The highest BCUT2D eigenvalue weighted by Crippen LogP contribution is 2.46. The quantitative estimate of drug-likeness (QED) is 0.505. The molecule has 2 rings (SSSR count). The van der Waals surface area contributed by atoms with E-state index < -0.39 is 0 Å². The lowest BCUT2D eigenvalue weighted by molar-refractivity contribution is 0.256. The molecule has 2 atom stereocenters. The number of rotatable bonds is 5. The fourth-order valence-corrected chi connectivity index (χ4v) is 5.18. The molecule has 1 heteroatoms. The predicted molar refractivity (Wildman–Crippen MR) is 102 cm³/mol. The van der Waals surface area contributed by atoms with Crippen molar-refractivity contribution in [1.29, 1.82) is 0 Å². The zero-order valence-electron chi connectivity index (χ0n) is 15.8. The molecule has 128 valence electrons. The third kappa shape index (κ3) is 5.61. The van der Waals surface area contributed by atoms with E-state index in [1.54, 1.807) is 0 Å². The minimum atomic E-state index is 0.632. The van der Waals surface area contributed by atoms with Gasteiger partial charge in [-0.2, -0.15) is 0 Å². The second kappa shape index (κ2) is 9.38. The molecule has 0 radical (unpaired) electrons. The van der Waals surface area contributed by atoms with Gasteiger partial charge >= 0.3 is 0 Å². The Morgan fingerprint density at radius 2 is 1.27 bits per heavy atom. The van der Waals surface area contributed by atoms with Gasteiger partial charge in [0.05, 0.1) is 0 Å². The van der Waals surface area contributed by atoms with Crippen molar-refractivity contribution in [2.75, 3.05) is 0 Å². The molecule has 22 heavy (non-hydrogen) atoms. The first kappa shape index (κ1) is 18.4. The van der Waals surface area contributed by atoms with Crippen LogP contribution in [0.1, 0.15) is 110 Å². The topological polar surface area (TPSA) is 0 Å². The van der Waals surface area contributed by atoms with Crippen molar-refractivity contribution in [1.82, 2.24) is 0 Å². The SMILES string of the molecule is BC1(C(C)CCC(C)C2CCCC2)CCCCCCCCC1. The summed E-state index contributed by atoms with van der Waals surface area (Å²) in [5.41, 5.74) is 0. The minimum absolute atomic E-state index is 0.632. The average Bonchev–Trinajstić information content (AvgIpc) is 3.05. The summed E-state index contributed by atoms with van der Waals surface area (Å²) < 4.78 is 0. The van der Waals surface area contributed by atoms with Crippen molar-refractivity contribution >= 4 is 7.85 Å². The highest BCUT2D eigenvalue weighted by Gasteiger charge is 2.31. The molecule has 2 aliphatic carbocycles. The lowest BCUT2D eigenvalue weighted by atomic mass is 9.55. The van der Waals surface area contributed by atoms with Gasteiger partial charge in [0, 0.05) is 0 Å². The van der Waals surface area contributed by atoms with Crippen LogP contribution in [0, 0.1) is 17.8 Å². The average molecular weight is 304 g/mol. The molecule has 0 amide bonds. The molecule has 0 bridgehead atoms. The van der Waals surface area contributed by atoms with E-state index in [1.165, 1.54) is 96.3 Å². The summed E-state index contributed by atoms with van der Waals surface area (Å²) >= 11 is 0. The maximum absolute atomic E-state index is 2.62. The van der Waals surface area contributed by atoms with Gasteiger partial charge in [0.15, 0.2) is 0 Å². The van der Waals surface area contributed by atoms with Crippen LogP contribution in [0.4, 0.5) is 0 Å². The summed E-state index contributed by atoms with van der Waals surface area (Å²) in [6, 6.07) is 0. The van der Waals surface area contributed by atoms with Gasteiger partial charge in [-0.3, -0.25) is 0 Å². The first-order valence-corrected chi connectivity index (χ1v) is 10.6. The summed E-state index contributed by atoms with van der Waals surface area (Å²) in [4.78, 5) is 0. The molecule has 0 aromatic heterocycles. The predicted octanol–water partition coefficient (Wildman–Crippen LogP) is 6.55. The highest BCUT2D eigenvalue weighted by molar-refractivity contribution is 6.15. The normalized spacial score (nSPS) is 27.4. The second-order valence-corrected chi connectivity index (χ2v) is 9.13. The van der Waals surface area contributed by atoms with Gasteiger partial charge < -0.3 is 0 Å². The maximum atomic E-state index is 2.62. The fraction of sp³-hybridized carbons (Fsp3) is 1.00. The zero-order valence-corrected chi connectivity index (χ0v) is 15.8. The Morgan fingerprint density at radius 1 is 0.773 bits per heavy atom. The highest BCUT2D eigenvalue weighted by atomic mass is 14.3. The molecule has 2 aliphatic rings. The van der Waals surface area contributed by atoms with Crippen LogP contribution in [0.25, 0.3) is 0 Å². The summed E-state index contributed by atoms with van der Waals surface area (Å²) in [5.74, 6) is 2.97. The molecule has 0 heterocycles. The van der Waals surface area contributed by atoms with Crippen LogP contribution in [0.5, 0.6) is 0 Å². The molecule has 0 aliphatic heterocycles. The molecule has 0 aromatic carbocycles. The monoisotopic (exact) mass is 304 g/mol. The van der Waals surface area contributed by atoms with Crippen molar-refractivity contribution in [2.24, 2.45) is 17.8 Å². The minimum Gasteiger partial charge on any atom is -0.0627 e. The molecular formula is C21H41B. The molecule has 2 saturated carbocycles. The summed E-state index contributed by atoms with van der Waals surface area (Å²) in [5, 5.41) is 0.632. The van der Waals surface area contributed by atoms with Gasteiger partial charge in [0.25, 0.3) is 0 Å². The molecule has 2 fully saturated rings. The Balaban J connectivity index is 1.79. The molecule has 2 unspecified atom stereocenters. The number of hydrogen-bond acceptors (Lipinski definition) is 0. The van der Waals surface area contributed by atoms with Crippen molar-refractivity contribution in [2.45, 2.75) is 115 Å². The van der Waals surface area contributed by atoms with E-state index in [0.29, 0.717) is 5.31 Å². The van der Waals surface area contributed by atoms with Crippen LogP contribution in [0.3, 0.4) is 0 Å². The Hall–Kier alpha value is 0.0649. The largest absolute Gasteiger partial charge is 0.109 e. The van der Waals surface area contributed by atoms with Crippen LogP contribution in [-0.4, -0.2) is 7.85 Å². The van der Waals surface area contributed by atoms with Crippen LogP contribution in [0.15, 0.2) is 0 Å². The molecule has 0 saturated heterocycles. The van der Waals surface area contributed by atoms with E-state index in [1.807, 2.05) is 0 Å². The molecule has 0 N–H and O–H groups in total.